The summed E-state index contributed by atoms with van der Waals surface area (Å²) in [5, 5.41) is 3.12. The second-order valence-electron chi connectivity index (χ2n) is 7.32. The van der Waals surface area contributed by atoms with Gasteiger partial charge >= 0.3 is 0 Å². The second-order valence-corrected chi connectivity index (χ2v) is 8.24. The Morgan fingerprint density at radius 2 is 1.90 bits per heavy atom. The van der Waals surface area contributed by atoms with Crippen LogP contribution in [0.2, 0.25) is 0 Å². The molecular weight excluding hydrogens is 440 g/mol. The van der Waals surface area contributed by atoms with Gasteiger partial charge < -0.3 is 24.4 Å². The Kier molecular flexibility index (Phi) is 4.58. The monoisotopic (exact) mass is 458 g/mol. The number of ether oxygens (including phenoxy) is 3. The molecular formula is C21H19BrN2O5. The Morgan fingerprint density at radius 3 is 2.79 bits per heavy atom. The van der Waals surface area contributed by atoms with Gasteiger partial charge in [0, 0.05) is 41.2 Å². The van der Waals surface area contributed by atoms with Crippen LogP contribution in [0.3, 0.4) is 0 Å². The molecule has 0 saturated carbocycles. The van der Waals surface area contributed by atoms with E-state index in [9.17, 15) is 9.59 Å². The molecule has 7 nitrogen and oxygen atoms in total. The third-order valence-electron chi connectivity index (χ3n) is 5.49. The fourth-order valence-electron chi connectivity index (χ4n) is 3.99. The van der Waals surface area contributed by atoms with E-state index in [2.05, 4.69) is 21.2 Å². The van der Waals surface area contributed by atoms with E-state index in [-0.39, 0.29) is 31.1 Å². The Labute approximate surface area is 176 Å². The maximum atomic E-state index is 12.9. The molecule has 3 aliphatic rings. The lowest BCUT2D eigenvalue weighted by Crippen LogP contribution is -2.37. The molecule has 1 N–H and O–H groups in total. The van der Waals surface area contributed by atoms with Crippen LogP contribution in [0, 0.1) is 5.92 Å². The van der Waals surface area contributed by atoms with Crippen LogP contribution in [-0.2, 0) is 9.59 Å². The predicted octanol–water partition coefficient (Wildman–Crippen LogP) is 3.17. The van der Waals surface area contributed by atoms with Gasteiger partial charge in [0.25, 0.3) is 0 Å². The van der Waals surface area contributed by atoms with E-state index in [0.29, 0.717) is 31.1 Å². The molecule has 0 spiro atoms. The Hall–Kier alpha value is -2.74. The largest absolute Gasteiger partial charge is 0.493 e. The SMILES string of the molecule is O=C(NC1CCOc2ccc(Br)cc21)C1CC(=O)N(c2ccc3c(c2)OCO3)C1. The van der Waals surface area contributed by atoms with Crippen molar-refractivity contribution in [1.29, 1.82) is 0 Å². The van der Waals surface area contributed by atoms with Crippen LogP contribution in [0.1, 0.15) is 24.4 Å². The lowest BCUT2D eigenvalue weighted by molar-refractivity contribution is -0.127. The zero-order valence-corrected chi connectivity index (χ0v) is 17.1. The maximum absolute atomic E-state index is 12.9. The average molecular weight is 459 g/mol. The highest BCUT2D eigenvalue weighted by Gasteiger charge is 2.37. The molecule has 2 unspecified atom stereocenters. The first-order valence-corrected chi connectivity index (χ1v) is 10.3. The first-order chi connectivity index (χ1) is 14.1. The standard InChI is InChI=1S/C21H19BrN2O5/c22-13-1-3-17-15(8-13)16(5-6-27-17)23-21(26)12-7-20(25)24(10-12)14-2-4-18-19(9-14)29-11-28-18/h1-4,8-9,12,16H,5-7,10-11H2,(H,23,26). The molecule has 1 saturated heterocycles. The van der Waals surface area contributed by atoms with Crippen LogP contribution >= 0.6 is 15.9 Å². The number of carbonyl (C=O) groups excluding carboxylic acids is 2. The van der Waals surface area contributed by atoms with Crippen molar-refractivity contribution < 1.29 is 23.8 Å². The molecule has 3 heterocycles. The molecule has 0 radical (unpaired) electrons. The minimum absolute atomic E-state index is 0.0702. The molecule has 0 bridgehead atoms. The molecule has 29 heavy (non-hydrogen) atoms. The lowest BCUT2D eigenvalue weighted by atomic mass is 9.99. The summed E-state index contributed by atoms with van der Waals surface area (Å²) in [4.78, 5) is 27.1. The molecule has 8 heteroatoms. The fourth-order valence-corrected chi connectivity index (χ4v) is 4.37. The first kappa shape index (κ1) is 18.3. The minimum atomic E-state index is -0.397. The molecule has 1 fully saturated rings. The Bertz CT molecular complexity index is 995. The van der Waals surface area contributed by atoms with E-state index in [1.807, 2.05) is 24.3 Å². The van der Waals surface area contributed by atoms with Crippen molar-refractivity contribution >= 4 is 33.4 Å². The topological polar surface area (TPSA) is 77.1 Å². The van der Waals surface area contributed by atoms with Crippen molar-refractivity contribution in [2.45, 2.75) is 18.9 Å². The van der Waals surface area contributed by atoms with Crippen molar-refractivity contribution in [3.63, 3.8) is 0 Å². The van der Waals surface area contributed by atoms with Crippen LogP contribution in [0.15, 0.2) is 40.9 Å². The molecule has 0 aromatic heterocycles. The van der Waals surface area contributed by atoms with Crippen molar-refractivity contribution in [3.05, 3.63) is 46.4 Å². The Morgan fingerprint density at radius 1 is 1.07 bits per heavy atom. The van der Waals surface area contributed by atoms with Crippen LogP contribution in [0.25, 0.3) is 0 Å². The van der Waals surface area contributed by atoms with Crippen LogP contribution in [0.4, 0.5) is 5.69 Å². The zero-order chi connectivity index (χ0) is 20.0. The number of nitrogens with one attached hydrogen (secondary N) is 1. The maximum Gasteiger partial charge on any atom is 0.231 e. The number of rotatable bonds is 3. The highest BCUT2D eigenvalue weighted by molar-refractivity contribution is 9.10. The number of benzene rings is 2. The van der Waals surface area contributed by atoms with Crippen molar-refractivity contribution in [1.82, 2.24) is 5.32 Å². The van der Waals surface area contributed by atoms with Crippen LogP contribution < -0.4 is 24.4 Å². The first-order valence-electron chi connectivity index (χ1n) is 9.51. The number of halogens is 1. The van der Waals surface area contributed by atoms with Gasteiger partial charge in [-0.1, -0.05) is 15.9 Å². The van der Waals surface area contributed by atoms with E-state index in [0.717, 1.165) is 21.5 Å². The van der Waals surface area contributed by atoms with Gasteiger partial charge in [0.2, 0.25) is 18.6 Å². The van der Waals surface area contributed by atoms with Gasteiger partial charge in [-0.15, -0.1) is 0 Å². The normalized spacial score (nSPS) is 22.2. The fraction of sp³-hybridized carbons (Fsp3) is 0.333. The van der Waals surface area contributed by atoms with E-state index < -0.39 is 5.92 Å². The van der Waals surface area contributed by atoms with E-state index >= 15 is 0 Å². The molecule has 2 aromatic carbocycles. The number of anilines is 1. The van der Waals surface area contributed by atoms with Gasteiger partial charge in [0.05, 0.1) is 18.6 Å². The third-order valence-corrected chi connectivity index (χ3v) is 5.98. The molecule has 0 aliphatic carbocycles. The summed E-state index contributed by atoms with van der Waals surface area (Å²) in [5.74, 6) is 1.49. The molecule has 2 aromatic rings. The smallest absolute Gasteiger partial charge is 0.231 e. The van der Waals surface area contributed by atoms with Crippen molar-refractivity contribution in [2.24, 2.45) is 5.92 Å². The number of carbonyl (C=O) groups is 2. The van der Waals surface area contributed by atoms with Gasteiger partial charge in [-0.2, -0.15) is 0 Å². The summed E-state index contributed by atoms with van der Waals surface area (Å²) < 4.78 is 17.3. The van der Waals surface area contributed by atoms with Crippen LogP contribution in [0.5, 0.6) is 17.2 Å². The van der Waals surface area contributed by atoms with Gasteiger partial charge in [-0.25, -0.2) is 0 Å². The molecule has 5 rings (SSSR count). The highest BCUT2D eigenvalue weighted by atomic mass is 79.9. The van der Waals surface area contributed by atoms with Crippen LogP contribution in [-0.4, -0.2) is 31.8 Å². The summed E-state index contributed by atoms with van der Waals surface area (Å²) in [6.07, 6.45) is 0.885. The summed E-state index contributed by atoms with van der Waals surface area (Å²) in [6, 6.07) is 11.1. The lowest BCUT2D eigenvalue weighted by Gasteiger charge is -2.28. The zero-order valence-electron chi connectivity index (χ0n) is 15.5. The van der Waals surface area contributed by atoms with Gasteiger partial charge in [-0.05, 0) is 30.3 Å². The van der Waals surface area contributed by atoms with Gasteiger partial charge in [0.1, 0.15) is 5.75 Å². The van der Waals surface area contributed by atoms with E-state index in [1.54, 1.807) is 17.0 Å². The average Bonchev–Trinajstić information content (AvgIpc) is 3.34. The predicted molar refractivity (Wildman–Crippen MR) is 108 cm³/mol. The summed E-state index contributed by atoms with van der Waals surface area (Å²) in [6.45, 7) is 1.08. The Balaban J connectivity index is 1.30. The third kappa shape index (κ3) is 3.42. The number of nitrogens with zero attached hydrogens (tertiary/aromatic N) is 1. The number of fused-ring (bicyclic) bond motifs is 2. The number of hydrogen-bond acceptors (Lipinski definition) is 5. The molecule has 2 amide bonds. The second kappa shape index (κ2) is 7.26. The molecule has 3 aliphatic heterocycles. The summed E-state index contributed by atoms with van der Waals surface area (Å²) in [5.41, 5.74) is 1.67. The number of amides is 2. The molecule has 2 atom stereocenters. The minimum Gasteiger partial charge on any atom is -0.493 e. The van der Waals surface area contributed by atoms with E-state index in [4.69, 9.17) is 14.2 Å². The van der Waals surface area contributed by atoms with Crippen molar-refractivity contribution in [2.75, 3.05) is 24.8 Å². The quantitative estimate of drug-likeness (QED) is 0.763. The van der Waals surface area contributed by atoms with Gasteiger partial charge in [0.15, 0.2) is 11.5 Å². The summed E-state index contributed by atoms with van der Waals surface area (Å²) in [7, 11) is 0. The van der Waals surface area contributed by atoms with E-state index in [1.165, 1.54) is 0 Å². The number of hydrogen-bond donors (Lipinski definition) is 1. The summed E-state index contributed by atoms with van der Waals surface area (Å²) >= 11 is 3.47. The van der Waals surface area contributed by atoms with Crippen molar-refractivity contribution in [3.8, 4) is 17.2 Å². The molecule has 150 valence electrons. The highest BCUT2D eigenvalue weighted by Crippen LogP contribution is 2.38. The van der Waals surface area contributed by atoms with Gasteiger partial charge in [-0.3, -0.25) is 9.59 Å².